The number of likely N-dealkylation sites (tertiary alicyclic amines) is 1. The minimum atomic E-state index is -0.743. The van der Waals surface area contributed by atoms with Gasteiger partial charge in [0.2, 0.25) is 0 Å². The number of nitrogens with zero attached hydrogens (tertiary/aromatic N) is 5. The summed E-state index contributed by atoms with van der Waals surface area (Å²) >= 11 is 9.35. The number of ketones is 1. The Morgan fingerprint density at radius 3 is 2.58 bits per heavy atom. The van der Waals surface area contributed by atoms with Crippen molar-refractivity contribution in [2.75, 3.05) is 31.1 Å². The number of carbonyl (C=O) groups excluding carboxylic acids is 1. The van der Waals surface area contributed by atoms with Crippen LogP contribution in [0.25, 0.3) is 10.6 Å². The fraction of sp³-hybridized carbons (Fsp3) is 0.480. The molecule has 11 heteroatoms. The number of aromatic nitrogens is 3. The topological polar surface area (TPSA) is 99.5 Å². The summed E-state index contributed by atoms with van der Waals surface area (Å²) in [6.07, 6.45) is 5.66. The lowest BCUT2D eigenvalue weighted by molar-refractivity contribution is -0.142. The van der Waals surface area contributed by atoms with Crippen LogP contribution in [-0.2, 0) is 17.8 Å². The number of anilines is 1. The van der Waals surface area contributed by atoms with Gasteiger partial charge in [0, 0.05) is 36.4 Å². The standard InChI is InChI=1S/C25H28ClN5O3S2/c1-15-2-5-30(12-15)13-21-24(20-8-17(26)14-35-20)29-23(36-21)9-19(32)18-10-28-22(11-27-18)31-6-3-16(4-7-31)25(33)34/h8,10-11,14-16H,2-7,9,12-13H2,1H3,(H,33,34)/t15-/m1/s1. The maximum absolute atomic E-state index is 13.0. The molecule has 8 nitrogen and oxygen atoms in total. The second-order valence-corrected chi connectivity index (χ2v) is 12.1. The molecule has 1 atom stereocenters. The van der Waals surface area contributed by atoms with Crippen molar-refractivity contribution in [2.45, 2.75) is 39.2 Å². The number of carbonyl (C=O) groups is 2. The Bertz CT molecular complexity index is 1240. The van der Waals surface area contributed by atoms with Gasteiger partial charge < -0.3 is 10.0 Å². The maximum Gasteiger partial charge on any atom is 0.306 e. The van der Waals surface area contributed by atoms with Crippen LogP contribution in [0, 0.1) is 11.8 Å². The summed E-state index contributed by atoms with van der Waals surface area (Å²) < 4.78 is 0. The minimum absolute atomic E-state index is 0.121. The van der Waals surface area contributed by atoms with E-state index in [0.717, 1.165) is 40.1 Å². The van der Waals surface area contributed by atoms with Crippen molar-refractivity contribution in [1.82, 2.24) is 19.9 Å². The molecule has 2 saturated heterocycles. The summed E-state index contributed by atoms with van der Waals surface area (Å²) in [5.74, 6) is 0.200. The third-order valence-corrected chi connectivity index (χ3v) is 9.15. The van der Waals surface area contributed by atoms with Crippen molar-refractivity contribution in [2.24, 2.45) is 11.8 Å². The molecule has 3 aromatic heterocycles. The first-order valence-corrected chi connectivity index (χ1v) is 14.2. The van der Waals surface area contributed by atoms with E-state index in [-0.39, 0.29) is 18.1 Å². The molecule has 2 aliphatic rings. The van der Waals surface area contributed by atoms with Gasteiger partial charge in [-0.1, -0.05) is 18.5 Å². The second kappa shape index (κ2) is 10.9. The average molecular weight is 546 g/mol. The van der Waals surface area contributed by atoms with Crippen molar-refractivity contribution < 1.29 is 14.7 Å². The van der Waals surface area contributed by atoms with Crippen molar-refractivity contribution in [3.63, 3.8) is 0 Å². The second-order valence-electron chi connectivity index (χ2n) is 9.60. The van der Waals surface area contributed by atoms with Crippen molar-refractivity contribution >= 4 is 51.8 Å². The van der Waals surface area contributed by atoms with E-state index in [1.54, 1.807) is 28.9 Å². The summed E-state index contributed by atoms with van der Waals surface area (Å²) in [7, 11) is 0. The van der Waals surface area contributed by atoms with E-state index in [9.17, 15) is 14.7 Å². The number of rotatable bonds is 8. The van der Waals surface area contributed by atoms with Gasteiger partial charge in [-0.05, 0) is 37.8 Å². The van der Waals surface area contributed by atoms with Crippen LogP contribution in [0.2, 0.25) is 5.02 Å². The molecular formula is C25H28ClN5O3S2. The molecular weight excluding hydrogens is 518 g/mol. The van der Waals surface area contributed by atoms with Crippen molar-refractivity contribution in [1.29, 1.82) is 0 Å². The summed E-state index contributed by atoms with van der Waals surface area (Å²) in [6.45, 7) is 6.49. The number of aliphatic carboxylic acids is 1. The Morgan fingerprint density at radius 1 is 1.17 bits per heavy atom. The van der Waals surface area contributed by atoms with Gasteiger partial charge in [-0.15, -0.1) is 22.7 Å². The van der Waals surface area contributed by atoms with Crippen molar-refractivity contribution in [3.05, 3.63) is 44.4 Å². The Hall–Kier alpha value is -2.40. The lowest BCUT2D eigenvalue weighted by Gasteiger charge is -2.30. The third-order valence-electron chi connectivity index (χ3n) is 6.82. The van der Waals surface area contributed by atoms with Gasteiger partial charge in [-0.2, -0.15) is 0 Å². The Balaban J connectivity index is 1.28. The summed E-state index contributed by atoms with van der Waals surface area (Å²) in [5, 5.41) is 12.6. The molecule has 0 spiro atoms. The van der Waals surface area contributed by atoms with E-state index < -0.39 is 5.97 Å². The molecule has 0 unspecified atom stereocenters. The minimum Gasteiger partial charge on any atom is -0.481 e. The van der Waals surface area contributed by atoms with Crippen LogP contribution in [0.15, 0.2) is 23.8 Å². The number of piperidine rings is 1. The average Bonchev–Trinajstić information content (AvgIpc) is 3.59. The number of thiophene rings is 1. The largest absolute Gasteiger partial charge is 0.481 e. The Labute approximate surface area is 223 Å². The van der Waals surface area contributed by atoms with E-state index >= 15 is 0 Å². The highest BCUT2D eigenvalue weighted by molar-refractivity contribution is 7.15. The van der Waals surface area contributed by atoms with Crippen LogP contribution in [0.4, 0.5) is 5.82 Å². The molecule has 2 aliphatic heterocycles. The van der Waals surface area contributed by atoms with Crippen LogP contribution in [0.5, 0.6) is 0 Å². The smallest absolute Gasteiger partial charge is 0.306 e. The highest BCUT2D eigenvalue weighted by atomic mass is 35.5. The number of Topliss-reactive ketones (excluding diaryl/α,β-unsaturated/α-hetero) is 1. The lowest BCUT2D eigenvalue weighted by atomic mass is 9.97. The van der Waals surface area contributed by atoms with Gasteiger partial charge in [0.15, 0.2) is 5.78 Å². The van der Waals surface area contributed by atoms with Gasteiger partial charge in [-0.25, -0.2) is 15.0 Å². The molecule has 1 N–H and O–H groups in total. The third kappa shape index (κ3) is 5.77. The first-order valence-electron chi connectivity index (χ1n) is 12.1. The molecule has 0 saturated carbocycles. The Morgan fingerprint density at radius 2 is 1.97 bits per heavy atom. The monoisotopic (exact) mass is 545 g/mol. The summed E-state index contributed by atoms with van der Waals surface area (Å²) in [5.41, 5.74) is 1.23. The molecule has 0 amide bonds. The fourth-order valence-corrected chi connectivity index (χ4v) is 7.08. The molecule has 0 bridgehead atoms. The first kappa shape index (κ1) is 25.3. The highest BCUT2D eigenvalue weighted by Crippen LogP contribution is 2.36. The molecule has 190 valence electrons. The zero-order valence-electron chi connectivity index (χ0n) is 20.0. The van der Waals surface area contributed by atoms with E-state index in [1.807, 2.05) is 16.3 Å². The van der Waals surface area contributed by atoms with E-state index in [4.69, 9.17) is 16.6 Å². The maximum atomic E-state index is 13.0. The quantitative estimate of drug-likeness (QED) is 0.400. The van der Waals surface area contributed by atoms with Crippen LogP contribution < -0.4 is 4.90 Å². The number of hydrogen-bond donors (Lipinski definition) is 1. The molecule has 0 radical (unpaired) electrons. The molecule has 5 heterocycles. The van der Waals surface area contributed by atoms with Crippen LogP contribution in [-0.4, -0.2) is 62.9 Å². The van der Waals surface area contributed by atoms with Gasteiger partial charge >= 0.3 is 5.97 Å². The molecule has 0 aliphatic carbocycles. The van der Waals surface area contributed by atoms with Crippen molar-refractivity contribution in [3.8, 4) is 10.6 Å². The van der Waals surface area contributed by atoms with Gasteiger partial charge in [-0.3, -0.25) is 14.5 Å². The number of carboxylic acids is 1. The predicted molar refractivity (Wildman–Crippen MR) is 142 cm³/mol. The zero-order chi connectivity index (χ0) is 25.2. The first-order chi connectivity index (χ1) is 17.4. The molecule has 3 aromatic rings. The lowest BCUT2D eigenvalue weighted by Crippen LogP contribution is -2.36. The Kier molecular flexibility index (Phi) is 7.66. The van der Waals surface area contributed by atoms with Gasteiger partial charge in [0.25, 0.3) is 0 Å². The normalized spacial score (nSPS) is 19.2. The molecule has 36 heavy (non-hydrogen) atoms. The summed E-state index contributed by atoms with van der Waals surface area (Å²) in [4.78, 5) is 44.5. The summed E-state index contributed by atoms with van der Waals surface area (Å²) in [6, 6.07) is 1.94. The highest BCUT2D eigenvalue weighted by Gasteiger charge is 2.26. The van der Waals surface area contributed by atoms with Crippen LogP contribution >= 0.6 is 34.3 Å². The molecule has 5 rings (SSSR count). The predicted octanol–water partition coefficient (Wildman–Crippen LogP) is 4.88. The SMILES string of the molecule is C[C@@H]1CCN(Cc2sc(CC(=O)c3cnc(N4CCC(C(=O)O)CC4)cn3)nc2-c2cc(Cl)cs2)C1. The fourth-order valence-electron chi connectivity index (χ4n) is 4.80. The number of hydrogen-bond acceptors (Lipinski definition) is 9. The number of halogens is 1. The van der Waals surface area contributed by atoms with Crippen LogP contribution in [0.1, 0.15) is 46.6 Å². The van der Waals surface area contributed by atoms with Crippen LogP contribution in [0.3, 0.4) is 0 Å². The number of thiazole rings is 1. The zero-order valence-corrected chi connectivity index (χ0v) is 22.4. The van der Waals surface area contributed by atoms with E-state index in [1.165, 1.54) is 12.6 Å². The van der Waals surface area contributed by atoms with E-state index in [0.29, 0.717) is 48.4 Å². The van der Waals surface area contributed by atoms with E-state index in [2.05, 4.69) is 21.8 Å². The van der Waals surface area contributed by atoms with Gasteiger partial charge in [0.1, 0.15) is 16.5 Å². The molecule has 0 aromatic carbocycles. The van der Waals surface area contributed by atoms with Gasteiger partial charge in [0.05, 0.1) is 40.3 Å². The molecule has 2 fully saturated rings. The number of carboxylic acid groups (broad SMARTS) is 1.